The van der Waals surface area contributed by atoms with Gasteiger partial charge in [0.1, 0.15) is 17.5 Å². The Balaban J connectivity index is 2.48. The second kappa shape index (κ2) is 7.07. The van der Waals surface area contributed by atoms with Gasteiger partial charge in [0.25, 0.3) is 0 Å². The molecule has 0 unspecified atom stereocenters. The van der Waals surface area contributed by atoms with E-state index >= 15 is 0 Å². The van der Waals surface area contributed by atoms with E-state index in [0.717, 1.165) is 48.7 Å². The zero-order chi connectivity index (χ0) is 15.2. The van der Waals surface area contributed by atoms with E-state index in [2.05, 4.69) is 41.1 Å². The van der Waals surface area contributed by atoms with Crippen molar-refractivity contribution in [3.63, 3.8) is 0 Å². The fraction of sp³-hybridized carbons (Fsp3) is 0.412. The summed E-state index contributed by atoms with van der Waals surface area (Å²) < 4.78 is 0. The van der Waals surface area contributed by atoms with E-state index in [9.17, 15) is 0 Å². The molecular formula is C17H24N4. The highest BCUT2D eigenvalue weighted by Gasteiger charge is 2.16. The van der Waals surface area contributed by atoms with Crippen LogP contribution in [-0.4, -0.2) is 16.5 Å². The molecule has 0 atom stereocenters. The van der Waals surface area contributed by atoms with Gasteiger partial charge in [0, 0.05) is 24.2 Å². The smallest absolute Gasteiger partial charge is 0.141 e. The van der Waals surface area contributed by atoms with Gasteiger partial charge >= 0.3 is 0 Å². The first-order valence-electron chi connectivity index (χ1n) is 7.62. The third-order valence-electron chi connectivity index (χ3n) is 3.58. The van der Waals surface area contributed by atoms with Crippen LogP contribution in [0.3, 0.4) is 0 Å². The molecule has 0 spiro atoms. The molecule has 4 nitrogen and oxygen atoms in total. The lowest BCUT2D eigenvalue weighted by Gasteiger charge is -2.26. The van der Waals surface area contributed by atoms with Crippen molar-refractivity contribution in [1.29, 1.82) is 0 Å². The van der Waals surface area contributed by atoms with E-state index in [4.69, 9.17) is 10.7 Å². The third kappa shape index (κ3) is 3.51. The first-order chi connectivity index (χ1) is 10.2. The number of anilines is 3. The fourth-order valence-electron chi connectivity index (χ4n) is 2.27. The Labute approximate surface area is 127 Å². The van der Waals surface area contributed by atoms with Gasteiger partial charge in [0.05, 0.1) is 0 Å². The number of para-hydroxylation sites is 1. The van der Waals surface area contributed by atoms with Crippen molar-refractivity contribution in [3.8, 4) is 0 Å². The topological polar surface area (TPSA) is 55.0 Å². The van der Waals surface area contributed by atoms with E-state index in [1.165, 1.54) is 0 Å². The molecule has 4 heteroatoms. The summed E-state index contributed by atoms with van der Waals surface area (Å²) in [5.74, 6) is 2.30. The largest absolute Gasteiger partial charge is 0.383 e. The molecule has 2 rings (SSSR count). The summed E-state index contributed by atoms with van der Waals surface area (Å²) in [5, 5.41) is 0. The van der Waals surface area contributed by atoms with Crippen LogP contribution in [0.15, 0.2) is 30.3 Å². The van der Waals surface area contributed by atoms with Gasteiger partial charge < -0.3 is 10.6 Å². The van der Waals surface area contributed by atoms with E-state index in [1.54, 1.807) is 0 Å². The van der Waals surface area contributed by atoms with Crippen molar-refractivity contribution < 1.29 is 0 Å². The molecule has 1 aromatic heterocycles. The first kappa shape index (κ1) is 15.3. The highest BCUT2D eigenvalue weighted by Crippen LogP contribution is 2.29. The quantitative estimate of drug-likeness (QED) is 0.875. The summed E-state index contributed by atoms with van der Waals surface area (Å²) in [6, 6.07) is 10.3. The Morgan fingerprint density at radius 3 is 2.43 bits per heavy atom. The lowest BCUT2D eigenvalue weighted by atomic mass is 10.2. The van der Waals surface area contributed by atoms with Crippen molar-refractivity contribution >= 4 is 17.3 Å². The van der Waals surface area contributed by atoms with Gasteiger partial charge in [-0.3, -0.25) is 0 Å². The van der Waals surface area contributed by atoms with Gasteiger partial charge in [-0.15, -0.1) is 0 Å². The van der Waals surface area contributed by atoms with Crippen molar-refractivity contribution in [2.24, 2.45) is 0 Å². The molecule has 2 N–H and O–H groups in total. The number of unbranched alkanes of at least 4 members (excludes halogenated alkanes) is 1. The summed E-state index contributed by atoms with van der Waals surface area (Å²) >= 11 is 0. The van der Waals surface area contributed by atoms with Crippen LogP contribution in [0, 0.1) is 6.92 Å². The Kier molecular flexibility index (Phi) is 5.14. The summed E-state index contributed by atoms with van der Waals surface area (Å²) in [4.78, 5) is 11.3. The molecule has 0 bridgehead atoms. The van der Waals surface area contributed by atoms with E-state index in [1.807, 2.05) is 19.9 Å². The summed E-state index contributed by atoms with van der Waals surface area (Å²) in [6.07, 6.45) is 3.04. The molecule has 0 aliphatic carbocycles. The molecule has 0 radical (unpaired) electrons. The molecule has 0 fully saturated rings. The number of nitrogens with zero attached hydrogens (tertiary/aromatic N) is 3. The van der Waals surface area contributed by atoms with Crippen LogP contribution in [0.1, 0.15) is 38.1 Å². The molecule has 0 saturated carbocycles. The third-order valence-corrected chi connectivity index (χ3v) is 3.58. The molecule has 1 heterocycles. The number of aryl methyl sites for hydroxylation is 1. The maximum Gasteiger partial charge on any atom is 0.141 e. The standard InChI is InChI=1S/C17H24N4/c1-4-6-12-21(14-10-8-7-9-11-14)17-13(3)16(18)19-15(5-2)20-17/h7-11H,4-6,12H2,1-3H3,(H2,18,19,20). The van der Waals surface area contributed by atoms with Gasteiger partial charge in [0.2, 0.25) is 0 Å². The van der Waals surface area contributed by atoms with Gasteiger partial charge in [-0.2, -0.15) is 0 Å². The molecule has 0 aliphatic heterocycles. The second-order valence-electron chi connectivity index (χ2n) is 5.17. The monoisotopic (exact) mass is 284 g/mol. The van der Waals surface area contributed by atoms with Gasteiger partial charge in [-0.25, -0.2) is 9.97 Å². The van der Waals surface area contributed by atoms with E-state index in [0.29, 0.717) is 5.82 Å². The van der Waals surface area contributed by atoms with Crippen LogP contribution < -0.4 is 10.6 Å². The van der Waals surface area contributed by atoms with Crippen molar-refractivity contribution in [2.75, 3.05) is 17.2 Å². The molecule has 0 saturated heterocycles. The first-order valence-corrected chi connectivity index (χ1v) is 7.62. The predicted molar refractivity (Wildman–Crippen MR) is 88.9 cm³/mol. The van der Waals surface area contributed by atoms with Crippen LogP contribution in [0.2, 0.25) is 0 Å². The number of benzene rings is 1. The minimum Gasteiger partial charge on any atom is -0.383 e. The van der Waals surface area contributed by atoms with Crippen molar-refractivity contribution in [2.45, 2.75) is 40.0 Å². The Morgan fingerprint density at radius 1 is 1.10 bits per heavy atom. The molecule has 1 aromatic carbocycles. The summed E-state index contributed by atoms with van der Waals surface area (Å²) in [7, 11) is 0. The molecule has 2 aromatic rings. The summed E-state index contributed by atoms with van der Waals surface area (Å²) in [5.41, 5.74) is 8.16. The zero-order valence-electron chi connectivity index (χ0n) is 13.1. The number of hydrogen-bond acceptors (Lipinski definition) is 4. The van der Waals surface area contributed by atoms with Gasteiger partial charge in [-0.1, -0.05) is 38.5 Å². The lowest BCUT2D eigenvalue weighted by Crippen LogP contribution is -2.22. The fourth-order valence-corrected chi connectivity index (χ4v) is 2.27. The molecule has 0 aliphatic rings. The Morgan fingerprint density at radius 2 is 1.81 bits per heavy atom. The highest BCUT2D eigenvalue weighted by atomic mass is 15.2. The SMILES string of the molecule is CCCCN(c1ccccc1)c1nc(CC)nc(N)c1C. The average Bonchev–Trinajstić information content (AvgIpc) is 2.52. The van der Waals surface area contributed by atoms with Crippen LogP contribution in [0.5, 0.6) is 0 Å². The van der Waals surface area contributed by atoms with Crippen LogP contribution in [0.4, 0.5) is 17.3 Å². The minimum atomic E-state index is 0.578. The predicted octanol–water partition coefficient (Wildman–Crippen LogP) is 3.87. The number of nitrogens with two attached hydrogens (primary N) is 1. The number of aromatic nitrogens is 2. The number of nitrogen functional groups attached to an aromatic ring is 1. The minimum absolute atomic E-state index is 0.578. The molecule has 0 amide bonds. The van der Waals surface area contributed by atoms with Gasteiger partial charge in [-0.05, 0) is 25.5 Å². The van der Waals surface area contributed by atoms with Crippen LogP contribution in [0.25, 0.3) is 0 Å². The lowest BCUT2D eigenvalue weighted by molar-refractivity contribution is 0.772. The Bertz CT molecular complexity index is 581. The molecule has 21 heavy (non-hydrogen) atoms. The van der Waals surface area contributed by atoms with E-state index in [-0.39, 0.29) is 0 Å². The van der Waals surface area contributed by atoms with Crippen LogP contribution in [-0.2, 0) is 6.42 Å². The second-order valence-corrected chi connectivity index (χ2v) is 5.17. The van der Waals surface area contributed by atoms with E-state index < -0.39 is 0 Å². The molecule has 112 valence electrons. The maximum absolute atomic E-state index is 6.06. The van der Waals surface area contributed by atoms with Crippen molar-refractivity contribution in [1.82, 2.24) is 9.97 Å². The highest BCUT2D eigenvalue weighted by molar-refractivity contribution is 5.66. The number of rotatable bonds is 6. The zero-order valence-corrected chi connectivity index (χ0v) is 13.1. The van der Waals surface area contributed by atoms with Crippen molar-refractivity contribution in [3.05, 3.63) is 41.7 Å². The molecular weight excluding hydrogens is 260 g/mol. The summed E-state index contributed by atoms with van der Waals surface area (Å²) in [6.45, 7) is 7.17. The van der Waals surface area contributed by atoms with Crippen LogP contribution >= 0.6 is 0 Å². The normalized spacial score (nSPS) is 10.6. The van der Waals surface area contributed by atoms with Gasteiger partial charge in [0.15, 0.2) is 0 Å². The Hall–Kier alpha value is -2.10. The average molecular weight is 284 g/mol. The maximum atomic E-state index is 6.06. The number of hydrogen-bond donors (Lipinski definition) is 1.